The fourth-order valence-corrected chi connectivity index (χ4v) is 2.18. The van der Waals surface area contributed by atoms with Crippen LogP contribution in [0, 0.1) is 6.92 Å². The molecule has 1 unspecified atom stereocenters. The maximum Gasteiger partial charge on any atom is 0.0643 e. The number of aromatic nitrogens is 1. The van der Waals surface area contributed by atoms with E-state index in [1.165, 1.54) is 0 Å². The minimum absolute atomic E-state index is 0.310. The normalized spacial score (nSPS) is 12.5. The van der Waals surface area contributed by atoms with Gasteiger partial charge in [0.15, 0.2) is 0 Å². The third-order valence-corrected chi connectivity index (χ3v) is 3.53. The lowest BCUT2D eigenvalue weighted by molar-refractivity contribution is 0.848. The van der Waals surface area contributed by atoms with E-state index in [2.05, 4.69) is 4.98 Å². The highest BCUT2D eigenvalue weighted by Gasteiger charge is 2.16. The van der Waals surface area contributed by atoms with E-state index in [4.69, 9.17) is 28.9 Å². The zero-order valence-corrected chi connectivity index (χ0v) is 10.8. The fourth-order valence-electron chi connectivity index (χ4n) is 1.75. The molecule has 2 N–H and O–H groups in total. The monoisotopic (exact) mass is 266 g/mol. The maximum absolute atomic E-state index is 6.20. The van der Waals surface area contributed by atoms with Crippen LogP contribution < -0.4 is 5.73 Å². The summed E-state index contributed by atoms with van der Waals surface area (Å²) in [4.78, 5) is 4.22. The summed E-state index contributed by atoms with van der Waals surface area (Å²) < 4.78 is 0. The quantitative estimate of drug-likeness (QED) is 0.900. The molecule has 0 spiro atoms. The van der Waals surface area contributed by atoms with Gasteiger partial charge in [0.25, 0.3) is 0 Å². The Hall–Kier alpha value is -1.09. The molecule has 2 aromatic rings. The Bertz CT molecular complexity index is 541. The Morgan fingerprint density at radius 2 is 1.82 bits per heavy atom. The molecular weight excluding hydrogens is 255 g/mol. The molecule has 88 valence electrons. The maximum atomic E-state index is 6.20. The molecule has 0 amide bonds. The lowest BCUT2D eigenvalue weighted by atomic mass is 9.98. The highest BCUT2D eigenvalue weighted by Crippen LogP contribution is 2.32. The van der Waals surface area contributed by atoms with Gasteiger partial charge in [-0.05, 0) is 30.2 Å². The molecule has 1 aromatic carbocycles. The molecule has 0 aliphatic rings. The van der Waals surface area contributed by atoms with E-state index >= 15 is 0 Å². The Balaban J connectivity index is 2.48. The van der Waals surface area contributed by atoms with Crippen LogP contribution in [-0.2, 0) is 0 Å². The van der Waals surface area contributed by atoms with E-state index in [0.717, 1.165) is 16.8 Å². The zero-order chi connectivity index (χ0) is 12.4. The molecule has 1 heterocycles. The Morgan fingerprint density at radius 3 is 2.53 bits per heavy atom. The summed E-state index contributed by atoms with van der Waals surface area (Å²) in [7, 11) is 0. The molecule has 4 heteroatoms. The van der Waals surface area contributed by atoms with Crippen LogP contribution >= 0.6 is 23.2 Å². The van der Waals surface area contributed by atoms with Gasteiger partial charge < -0.3 is 5.73 Å². The number of nitrogens with zero attached hydrogens (tertiary/aromatic N) is 1. The standard InChI is InChI=1S/C13H12Cl2N2/c1-8-9(5-3-7-17-8)13(16)10-4-2-6-11(14)12(10)15/h2-7,13H,16H2,1H3. The van der Waals surface area contributed by atoms with Crippen LogP contribution in [0.4, 0.5) is 0 Å². The average Bonchev–Trinajstić information content (AvgIpc) is 2.32. The van der Waals surface area contributed by atoms with E-state index < -0.39 is 0 Å². The molecule has 2 rings (SSSR count). The number of rotatable bonds is 2. The Labute approximate surface area is 110 Å². The first-order chi connectivity index (χ1) is 8.11. The SMILES string of the molecule is Cc1ncccc1C(N)c1cccc(Cl)c1Cl. The molecule has 0 aliphatic carbocycles. The number of nitrogens with two attached hydrogens (primary N) is 1. The van der Waals surface area contributed by atoms with Crippen LogP contribution in [-0.4, -0.2) is 4.98 Å². The van der Waals surface area contributed by atoms with Crippen LogP contribution in [0.5, 0.6) is 0 Å². The van der Waals surface area contributed by atoms with Gasteiger partial charge in [0.2, 0.25) is 0 Å². The third kappa shape index (κ3) is 2.44. The predicted octanol–water partition coefficient (Wildman–Crippen LogP) is 3.74. The lowest BCUT2D eigenvalue weighted by Crippen LogP contribution is -2.14. The van der Waals surface area contributed by atoms with Crippen molar-refractivity contribution < 1.29 is 0 Å². The van der Waals surface area contributed by atoms with Gasteiger partial charge in [0, 0.05) is 11.9 Å². The Morgan fingerprint density at radius 1 is 1.12 bits per heavy atom. The minimum atomic E-state index is -0.310. The van der Waals surface area contributed by atoms with Crippen LogP contribution in [0.3, 0.4) is 0 Å². The molecule has 0 bridgehead atoms. The number of pyridine rings is 1. The highest BCUT2D eigenvalue weighted by atomic mass is 35.5. The molecule has 0 fully saturated rings. The van der Waals surface area contributed by atoms with E-state index in [9.17, 15) is 0 Å². The van der Waals surface area contributed by atoms with E-state index in [0.29, 0.717) is 10.0 Å². The molecule has 1 atom stereocenters. The van der Waals surface area contributed by atoms with Crippen LogP contribution in [0.15, 0.2) is 36.5 Å². The van der Waals surface area contributed by atoms with Crippen LogP contribution in [0.1, 0.15) is 22.9 Å². The zero-order valence-electron chi connectivity index (χ0n) is 9.32. The molecule has 0 aliphatic heterocycles. The molecule has 0 saturated heterocycles. The van der Waals surface area contributed by atoms with Crippen molar-refractivity contribution in [2.75, 3.05) is 0 Å². The van der Waals surface area contributed by atoms with Gasteiger partial charge in [0.05, 0.1) is 16.1 Å². The molecule has 0 saturated carbocycles. The number of aryl methyl sites for hydroxylation is 1. The second-order valence-corrected chi connectivity index (χ2v) is 4.58. The largest absolute Gasteiger partial charge is 0.320 e. The van der Waals surface area contributed by atoms with Crippen molar-refractivity contribution in [2.45, 2.75) is 13.0 Å². The van der Waals surface area contributed by atoms with E-state index in [-0.39, 0.29) is 6.04 Å². The van der Waals surface area contributed by atoms with Crippen molar-refractivity contribution in [1.82, 2.24) is 4.98 Å². The van der Waals surface area contributed by atoms with Crippen molar-refractivity contribution in [3.05, 3.63) is 63.4 Å². The van der Waals surface area contributed by atoms with Crippen LogP contribution in [0.25, 0.3) is 0 Å². The predicted molar refractivity (Wildman–Crippen MR) is 71.5 cm³/mol. The molecule has 0 radical (unpaired) electrons. The van der Waals surface area contributed by atoms with E-state index in [1.54, 1.807) is 12.3 Å². The summed E-state index contributed by atoms with van der Waals surface area (Å²) in [6.45, 7) is 1.92. The first-order valence-corrected chi connectivity index (χ1v) is 5.98. The molecular formula is C13H12Cl2N2. The second kappa shape index (κ2) is 5.05. The molecule has 1 aromatic heterocycles. The minimum Gasteiger partial charge on any atom is -0.320 e. The van der Waals surface area contributed by atoms with Crippen molar-refractivity contribution in [3.8, 4) is 0 Å². The van der Waals surface area contributed by atoms with Gasteiger partial charge in [0.1, 0.15) is 0 Å². The number of benzene rings is 1. The lowest BCUT2D eigenvalue weighted by Gasteiger charge is -2.16. The summed E-state index contributed by atoms with van der Waals surface area (Å²) >= 11 is 12.1. The second-order valence-electron chi connectivity index (χ2n) is 3.80. The first kappa shape index (κ1) is 12.4. The van der Waals surface area contributed by atoms with Crippen molar-refractivity contribution in [3.63, 3.8) is 0 Å². The van der Waals surface area contributed by atoms with Gasteiger partial charge in [-0.1, -0.05) is 41.4 Å². The van der Waals surface area contributed by atoms with E-state index in [1.807, 2.05) is 31.2 Å². The van der Waals surface area contributed by atoms with Gasteiger partial charge in [-0.25, -0.2) is 0 Å². The summed E-state index contributed by atoms with van der Waals surface area (Å²) in [5.41, 5.74) is 8.87. The number of hydrogen-bond donors (Lipinski definition) is 1. The topological polar surface area (TPSA) is 38.9 Å². The summed E-state index contributed by atoms with van der Waals surface area (Å²) in [5.74, 6) is 0. The summed E-state index contributed by atoms with van der Waals surface area (Å²) in [6, 6.07) is 8.97. The van der Waals surface area contributed by atoms with Crippen molar-refractivity contribution in [1.29, 1.82) is 0 Å². The Kier molecular flexibility index (Phi) is 3.67. The van der Waals surface area contributed by atoms with Gasteiger partial charge in [-0.2, -0.15) is 0 Å². The summed E-state index contributed by atoms with van der Waals surface area (Å²) in [6.07, 6.45) is 1.74. The number of halogens is 2. The highest BCUT2D eigenvalue weighted by molar-refractivity contribution is 6.42. The van der Waals surface area contributed by atoms with Crippen LogP contribution in [0.2, 0.25) is 10.0 Å². The van der Waals surface area contributed by atoms with Gasteiger partial charge in [-0.3, -0.25) is 4.98 Å². The summed E-state index contributed by atoms with van der Waals surface area (Å²) in [5, 5.41) is 1.02. The van der Waals surface area contributed by atoms with Gasteiger partial charge >= 0.3 is 0 Å². The smallest absolute Gasteiger partial charge is 0.0643 e. The van der Waals surface area contributed by atoms with Crippen molar-refractivity contribution >= 4 is 23.2 Å². The molecule has 17 heavy (non-hydrogen) atoms. The molecule has 2 nitrogen and oxygen atoms in total. The third-order valence-electron chi connectivity index (χ3n) is 2.70. The first-order valence-electron chi connectivity index (χ1n) is 5.22. The number of hydrogen-bond acceptors (Lipinski definition) is 2. The van der Waals surface area contributed by atoms with Gasteiger partial charge in [-0.15, -0.1) is 0 Å². The fraction of sp³-hybridized carbons (Fsp3) is 0.154. The van der Waals surface area contributed by atoms with Crippen molar-refractivity contribution in [2.24, 2.45) is 5.73 Å². The average molecular weight is 267 g/mol.